The second-order valence-electron chi connectivity index (χ2n) is 6.55. The quantitative estimate of drug-likeness (QED) is 0.726. The number of anilines is 1. The van der Waals surface area contributed by atoms with Crippen LogP contribution in [-0.4, -0.2) is 15.6 Å². The number of nitrogens with two attached hydrogens (primary N) is 1. The number of carboxylic acids is 1. The third-order valence-corrected chi connectivity index (χ3v) is 5.02. The number of hydrogen-bond donors (Lipinski definition) is 2. The molecular formula is C20H20N2O2. The van der Waals surface area contributed by atoms with Crippen LogP contribution in [0, 0.1) is 5.92 Å². The first-order valence-electron chi connectivity index (χ1n) is 8.29. The number of aliphatic carboxylic acids is 1. The van der Waals surface area contributed by atoms with Crippen molar-refractivity contribution >= 4 is 22.6 Å². The summed E-state index contributed by atoms with van der Waals surface area (Å²) in [5.74, 6) is -0.997. The van der Waals surface area contributed by atoms with Gasteiger partial charge in [-0.1, -0.05) is 30.3 Å². The van der Waals surface area contributed by atoms with Gasteiger partial charge >= 0.3 is 5.97 Å². The first-order chi connectivity index (χ1) is 11.6. The topological polar surface area (TPSA) is 68.2 Å². The van der Waals surface area contributed by atoms with Gasteiger partial charge in [0.1, 0.15) is 0 Å². The van der Waals surface area contributed by atoms with Gasteiger partial charge in [0.2, 0.25) is 0 Å². The maximum atomic E-state index is 11.4. The Hall–Kier alpha value is -2.75. The average molecular weight is 320 g/mol. The Balaban J connectivity index is 1.86. The lowest BCUT2D eigenvalue weighted by Gasteiger charge is -2.21. The van der Waals surface area contributed by atoms with Gasteiger partial charge in [0.25, 0.3) is 0 Å². The summed E-state index contributed by atoms with van der Waals surface area (Å²) in [6.45, 7) is 0.800. The van der Waals surface area contributed by atoms with E-state index in [-0.39, 0.29) is 5.92 Å². The summed E-state index contributed by atoms with van der Waals surface area (Å²) in [7, 11) is 0. The Morgan fingerprint density at radius 3 is 2.75 bits per heavy atom. The lowest BCUT2D eigenvalue weighted by Crippen LogP contribution is -2.23. The molecule has 1 unspecified atom stereocenters. The van der Waals surface area contributed by atoms with E-state index in [9.17, 15) is 9.90 Å². The zero-order valence-corrected chi connectivity index (χ0v) is 13.4. The molecule has 1 aliphatic rings. The highest BCUT2D eigenvalue weighted by atomic mass is 16.4. The number of carboxylic acid groups (broad SMARTS) is 1. The van der Waals surface area contributed by atoms with E-state index in [2.05, 4.69) is 22.8 Å². The van der Waals surface area contributed by atoms with Gasteiger partial charge in [-0.15, -0.1) is 0 Å². The Morgan fingerprint density at radius 1 is 1.21 bits per heavy atom. The highest BCUT2D eigenvalue weighted by Gasteiger charge is 2.29. The molecule has 0 aliphatic heterocycles. The van der Waals surface area contributed by atoms with Gasteiger partial charge in [0.15, 0.2) is 0 Å². The van der Waals surface area contributed by atoms with Crippen molar-refractivity contribution in [2.45, 2.75) is 25.8 Å². The van der Waals surface area contributed by atoms with Crippen LogP contribution in [-0.2, 0) is 24.2 Å². The summed E-state index contributed by atoms with van der Waals surface area (Å²) in [4.78, 5) is 11.4. The number of carbonyl (C=O) groups is 1. The van der Waals surface area contributed by atoms with E-state index in [0.717, 1.165) is 35.1 Å². The molecule has 122 valence electrons. The van der Waals surface area contributed by atoms with Crippen LogP contribution in [0.1, 0.15) is 23.2 Å². The first kappa shape index (κ1) is 14.8. The van der Waals surface area contributed by atoms with Gasteiger partial charge in [-0.2, -0.15) is 0 Å². The molecule has 0 spiro atoms. The van der Waals surface area contributed by atoms with Crippen LogP contribution in [0.3, 0.4) is 0 Å². The molecule has 0 saturated heterocycles. The third kappa shape index (κ3) is 2.44. The predicted octanol–water partition coefficient (Wildman–Crippen LogP) is 3.46. The smallest absolute Gasteiger partial charge is 0.306 e. The average Bonchev–Trinajstić information content (AvgIpc) is 2.88. The fourth-order valence-electron chi connectivity index (χ4n) is 3.82. The van der Waals surface area contributed by atoms with Crippen molar-refractivity contribution in [3.05, 3.63) is 65.4 Å². The number of hydrogen-bond acceptors (Lipinski definition) is 2. The van der Waals surface area contributed by atoms with Crippen molar-refractivity contribution in [1.82, 2.24) is 4.57 Å². The van der Waals surface area contributed by atoms with Crippen molar-refractivity contribution in [2.24, 2.45) is 5.92 Å². The summed E-state index contributed by atoms with van der Waals surface area (Å²) < 4.78 is 2.33. The van der Waals surface area contributed by atoms with E-state index in [1.807, 2.05) is 30.3 Å². The molecule has 24 heavy (non-hydrogen) atoms. The molecule has 0 saturated carbocycles. The van der Waals surface area contributed by atoms with Gasteiger partial charge < -0.3 is 15.4 Å². The molecule has 1 atom stereocenters. The van der Waals surface area contributed by atoms with Crippen LogP contribution in [0.25, 0.3) is 10.9 Å². The summed E-state index contributed by atoms with van der Waals surface area (Å²) in [5.41, 5.74) is 11.5. The van der Waals surface area contributed by atoms with E-state index < -0.39 is 5.97 Å². The van der Waals surface area contributed by atoms with Crippen molar-refractivity contribution in [1.29, 1.82) is 0 Å². The molecular weight excluding hydrogens is 300 g/mol. The van der Waals surface area contributed by atoms with Gasteiger partial charge in [0.05, 0.1) is 5.92 Å². The van der Waals surface area contributed by atoms with Gasteiger partial charge in [-0.25, -0.2) is 0 Å². The normalized spacial score (nSPS) is 16.9. The molecule has 1 aromatic heterocycles. The largest absolute Gasteiger partial charge is 0.481 e. The second-order valence-corrected chi connectivity index (χ2v) is 6.55. The molecule has 3 N–H and O–H groups in total. The minimum atomic E-state index is -0.700. The van der Waals surface area contributed by atoms with Crippen LogP contribution in [0.5, 0.6) is 0 Å². The number of fused-ring (bicyclic) bond motifs is 3. The number of rotatable bonds is 3. The fourth-order valence-corrected chi connectivity index (χ4v) is 3.82. The minimum Gasteiger partial charge on any atom is -0.481 e. The fraction of sp³-hybridized carbons (Fsp3) is 0.250. The highest BCUT2D eigenvalue weighted by Crippen LogP contribution is 2.36. The highest BCUT2D eigenvalue weighted by molar-refractivity contribution is 5.89. The molecule has 1 aliphatic carbocycles. The van der Waals surface area contributed by atoms with E-state index in [0.29, 0.717) is 12.8 Å². The van der Waals surface area contributed by atoms with Gasteiger partial charge in [-0.05, 0) is 48.6 Å². The Morgan fingerprint density at radius 2 is 2.00 bits per heavy atom. The van der Waals surface area contributed by atoms with Crippen LogP contribution < -0.4 is 5.73 Å². The molecule has 0 bridgehead atoms. The van der Waals surface area contributed by atoms with Gasteiger partial charge in [0, 0.05) is 28.8 Å². The maximum absolute atomic E-state index is 11.4. The van der Waals surface area contributed by atoms with E-state index >= 15 is 0 Å². The summed E-state index contributed by atoms with van der Waals surface area (Å²) >= 11 is 0. The van der Waals surface area contributed by atoms with Crippen molar-refractivity contribution in [2.75, 3.05) is 5.73 Å². The molecule has 4 rings (SSSR count). The van der Waals surface area contributed by atoms with Crippen LogP contribution in [0.15, 0.2) is 48.5 Å². The molecule has 4 nitrogen and oxygen atoms in total. The van der Waals surface area contributed by atoms with Crippen LogP contribution in [0.2, 0.25) is 0 Å². The molecule has 4 heteroatoms. The van der Waals surface area contributed by atoms with Crippen molar-refractivity contribution in [3.8, 4) is 0 Å². The Labute approximate surface area is 140 Å². The number of aromatic nitrogens is 1. The predicted molar refractivity (Wildman–Crippen MR) is 95.0 cm³/mol. The molecule has 3 aromatic rings. The monoisotopic (exact) mass is 320 g/mol. The summed E-state index contributed by atoms with van der Waals surface area (Å²) in [6.07, 6.45) is 2.09. The number of benzene rings is 2. The second kappa shape index (κ2) is 5.71. The lowest BCUT2D eigenvalue weighted by atomic mass is 9.86. The summed E-state index contributed by atoms with van der Waals surface area (Å²) in [5, 5.41) is 10.5. The van der Waals surface area contributed by atoms with Gasteiger partial charge in [-0.3, -0.25) is 4.79 Å². The SMILES string of the molecule is Nc1ccc2c(c1)c1c(n2Cc2ccccc2)CCC(C(=O)O)C1. The minimum absolute atomic E-state index is 0.297. The first-order valence-corrected chi connectivity index (χ1v) is 8.29. The van der Waals surface area contributed by atoms with Crippen LogP contribution in [0.4, 0.5) is 5.69 Å². The van der Waals surface area contributed by atoms with Crippen LogP contribution >= 0.6 is 0 Å². The molecule has 0 amide bonds. The number of nitrogen functional groups attached to an aromatic ring is 1. The number of nitrogens with zero attached hydrogens (tertiary/aromatic N) is 1. The lowest BCUT2D eigenvalue weighted by molar-refractivity contribution is -0.142. The summed E-state index contributed by atoms with van der Waals surface area (Å²) in [6, 6.07) is 16.3. The van der Waals surface area contributed by atoms with E-state index in [1.165, 1.54) is 11.3 Å². The Bertz CT molecular complexity index is 912. The zero-order valence-electron chi connectivity index (χ0n) is 13.4. The maximum Gasteiger partial charge on any atom is 0.306 e. The van der Waals surface area contributed by atoms with E-state index in [4.69, 9.17) is 5.73 Å². The van der Waals surface area contributed by atoms with E-state index in [1.54, 1.807) is 0 Å². The molecule has 0 fully saturated rings. The van der Waals surface area contributed by atoms with Crippen molar-refractivity contribution in [3.63, 3.8) is 0 Å². The van der Waals surface area contributed by atoms with Crippen molar-refractivity contribution < 1.29 is 9.90 Å². The standard InChI is InChI=1S/C20H20N2O2/c21-15-7-9-19-17(11-15)16-10-14(20(23)24)6-8-18(16)22(19)12-13-4-2-1-3-5-13/h1-5,7,9,11,14H,6,8,10,12,21H2,(H,23,24). The molecule has 2 aromatic carbocycles. The molecule has 0 radical (unpaired) electrons. The Kier molecular flexibility index (Phi) is 3.53. The zero-order chi connectivity index (χ0) is 16.7. The molecule has 1 heterocycles. The third-order valence-electron chi connectivity index (χ3n) is 5.02.